The van der Waals surface area contributed by atoms with Crippen LogP contribution in [0.5, 0.6) is 0 Å². The maximum Gasteiger partial charge on any atom is 0.254 e. The Morgan fingerprint density at radius 2 is 2.05 bits per heavy atom. The molecule has 3 nitrogen and oxygen atoms in total. The van der Waals surface area contributed by atoms with E-state index in [4.69, 9.17) is 0 Å². The minimum absolute atomic E-state index is 0.0959. The topological polar surface area (TPSA) is 32.3 Å². The van der Waals surface area contributed by atoms with Gasteiger partial charge in [0.1, 0.15) is 5.82 Å². The number of halogens is 2. The first-order chi connectivity index (χ1) is 9.95. The number of hydrogen-bond donors (Lipinski definition) is 1. The first-order valence-corrected chi connectivity index (χ1v) is 8.20. The van der Waals surface area contributed by atoms with Crippen molar-refractivity contribution in [3.63, 3.8) is 0 Å². The van der Waals surface area contributed by atoms with E-state index < -0.39 is 5.82 Å². The Balaban J connectivity index is 1.81. The van der Waals surface area contributed by atoms with Gasteiger partial charge in [0.2, 0.25) is 0 Å². The quantitative estimate of drug-likeness (QED) is 0.897. The van der Waals surface area contributed by atoms with Gasteiger partial charge in [-0.2, -0.15) is 0 Å². The number of carbonyl (C=O) groups excluding carboxylic acids is 1. The highest BCUT2D eigenvalue weighted by molar-refractivity contribution is 9.10. The van der Waals surface area contributed by atoms with Crippen LogP contribution in [-0.4, -0.2) is 37.0 Å². The van der Waals surface area contributed by atoms with E-state index in [-0.39, 0.29) is 11.5 Å². The maximum absolute atomic E-state index is 13.7. The molecule has 5 heteroatoms. The number of carbonyl (C=O) groups is 1. The Hall–Kier alpha value is -0.940. The number of likely N-dealkylation sites (tertiary alicyclic amines) is 1. The molecule has 0 radical (unpaired) electrons. The van der Waals surface area contributed by atoms with E-state index in [9.17, 15) is 9.18 Å². The monoisotopic (exact) mass is 356 g/mol. The number of piperidine rings is 1. The lowest BCUT2D eigenvalue weighted by Gasteiger charge is -2.34. The molecule has 0 aliphatic carbocycles. The van der Waals surface area contributed by atoms with Gasteiger partial charge in [0.15, 0.2) is 0 Å². The van der Waals surface area contributed by atoms with Crippen molar-refractivity contribution in [2.24, 2.45) is 11.8 Å². The van der Waals surface area contributed by atoms with Crippen LogP contribution in [0.15, 0.2) is 22.7 Å². The summed E-state index contributed by atoms with van der Waals surface area (Å²) in [5.74, 6) is 0.557. The van der Waals surface area contributed by atoms with Gasteiger partial charge < -0.3 is 10.2 Å². The number of nitrogens with zero attached hydrogens (tertiary/aromatic N) is 1. The van der Waals surface area contributed by atoms with Crippen molar-refractivity contribution in [3.8, 4) is 0 Å². The van der Waals surface area contributed by atoms with Crippen LogP contribution in [0, 0.1) is 17.7 Å². The highest BCUT2D eigenvalue weighted by Gasteiger charge is 2.21. The van der Waals surface area contributed by atoms with Crippen molar-refractivity contribution >= 4 is 21.8 Å². The van der Waals surface area contributed by atoms with Crippen LogP contribution < -0.4 is 5.32 Å². The Labute approximate surface area is 134 Å². The smallest absolute Gasteiger partial charge is 0.254 e. The normalized spacial score (nSPS) is 23.0. The summed E-state index contributed by atoms with van der Waals surface area (Å²) < 4.78 is 14.3. The number of benzene rings is 1. The fraction of sp³-hybridized carbons (Fsp3) is 0.562. The summed E-state index contributed by atoms with van der Waals surface area (Å²) in [6, 6.07) is 4.48. The lowest BCUT2D eigenvalue weighted by molar-refractivity contribution is 0.0932. The zero-order valence-electron chi connectivity index (χ0n) is 12.5. The highest BCUT2D eigenvalue weighted by atomic mass is 79.9. The van der Waals surface area contributed by atoms with Gasteiger partial charge in [0.05, 0.1) is 5.56 Å². The molecule has 0 unspecified atom stereocenters. The Morgan fingerprint density at radius 1 is 1.38 bits per heavy atom. The van der Waals surface area contributed by atoms with Crippen LogP contribution in [0.4, 0.5) is 4.39 Å². The van der Waals surface area contributed by atoms with Crippen molar-refractivity contribution in [3.05, 3.63) is 34.1 Å². The van der Waals surface area contributed by atoms with Crippen LogP contribution in [0.2, 0.25) is 0 Å². The van der Waals surface area contributed by atoms with Gasteiger partial charge in [0.25, 0.3) is 5.91 Å². The predicted octanol–water partition coefficient (Wildman–Crippen LogP) is 3.30. The predicted molar refractivity (Wildman–Crippen MR) is 85.8 cm³/mol. The molecule has 1 aromatic carbocycles. The number of rotatable bonds is 4. The second kappa shape index (κ2) is 7.36. The van der Waals surface area contributed by atoms with Crippen LogP contribution in [0.3, 0.4) is 0 Å². The summed E-state index contributed by atoms with van der Waals surface area (Å²) in [7, 11) is 0. The molecule has 2 rings (SSSR count). The minimum atomic E-state index is -0.498. The van der Waals surface area contributed by atoms with Gasteiger partial charge in [0, 0.05) is 30.7 Å². The average molecular weight is 357 g/mol. The molecule has 2 atom stereocenters. The molecule has 1 aliphatic rings. The summed E-state index contributed by atoms with van der Waals surface area (Å²) in [5.41, 5.74) is 0.0959. The molecule has 21 heavy (non-hydrogen) atoms. The van der Waals surface area contributed by atoms with E-state index in [1.54, 1.807) is 6.07 Å². The summed E-state index contributed by atoms with van der Waals surface area (Å²) >= 11 is 3.18. The van der Waals surface area contributed by atoms with E-state index in [0.29, 0.717) is 22.9 Å². The molecule has 116 valence electrons. The van der Waals surface area contributed by atoms with Gasteiger partial charge in [-0.25, -0.2) is 4.39 Å². The Morgan fingerprint density at radius 3 is 2.67 bits per heavy atom. The lowest BCUT2D eigenvalue weighted by atomic mass is 9.92. The molecule has 0 bridgehead atoms. The molecule has 1 saturated heterocycles. The van der Waals surface area contributed by atoms with E-state index in [1.165, 1.54) is 18.6 Å². The number of nitrogens with one attached hydrogen (secondary N) is 1. The molecule has 0 saturated carbocycles. The van der Waals surface area contributed by atoms with E-state index in [2.05, 4.69) is 40.0 Å². The summed E-state index contributed by atoms with van der Waals surface area (Å²) in [6.07, 6.45) is 1.27. The fourth-order valence-corrected chi connectivity index (χ4v) is 3.40. The largest absolute Gasteiger partial charge is 0.351 e. The zero-order valence-corrected chi connectivity index (χ0v) is 14.1. The molecule has 0 spiro atoms. The third-order valence-electron chi connectivity index (χ3n) is 3.83. The molecular weight excluding hydrogens is 335 g/mol. The molecule has 0 aromatic heterocycles. The van der Waals surface area contributed by atoms with Gasteiger partial charge in [-0.05, 0) is 36.5 Å². The first kappa shape index (κ1) is 16.4. The fourth-order valence-electron chi connectivity index (χ4n) is 3.07. The number of amides is 1. The Kier molecular flexibility index (Phi) is 5.76. The zero-order chi connectivity index (χ0) is 15.4. The summed E-state index contributed by atoms with van der Waals surface area (Å²) in [5, 5.41) is 2.80. The summed E-state index contributed by atoms with van der Waals surface area (Å²) in [6.45, 7) is 8.04. The van der Waals surface area contributed by atoms with Crippen molar-refractivity contribution in [1.82, 2.24) is 10.2 Å². The molecule has 1 fully saturated rings. The average Bonchev–Trinajstić information content (AvgIpc) is 2.37. The molecule has 1 aliphatic heterocycles. The highest BCUT2D eigenvalue weighted by Crippen LogP contribution is 2.20. The van der Waals surface area contributed by atoms with Crippen LogP contribution in [-0.2, 0) is 0 Å². The molecule has 1 N–H and O–H groups in total. The lowest BCUT2D eigenvalue weighted by Crippen LogP contribution is -2.42. The van der Waals surface area contributed by atoms with Gasteiger partial charge in [-0.1, -0.05) is 29.8 Å². The third-order valence-corrected chi connectivity index (χ3v) is 4.33. The van der Waals surface area contributed by atoms with Gasteiger partial charge >= 0.3 is 0 Å². The van der Waals surface area contributed by atoms with E-state index in [0.717, 1.165) is 19.6 Å². The SMILES string of the molecule is C[C@H]1C[C@H](C)CN(CCNC(=O)c2ccc(Br)cc2F)C1. The van der Waals surface area contributed by atoms with Crippen LogP contribution in [0.1, 0.15) is 30.6 Å². The van der Waals surface area contributed by atoms with Gasteiger partial charge in [-0.3, -0.25) is 4.79 Å². The van der Waals surface area contributed by atoms with Gasteiger partial charge in [-0.15, -0.1) is 0 Å². The van der Waals surface area contributed by atoms with Crippen molar-refractivity contribution < 1.29 is 9.18 Å². The second-order valence-electron chi connectivity index (χ2n) is 6.09. The maximum atomic E-state index is 13.7. The van der Waals surface area contributed by atoms with Crippen molar-refractivity contribution in [2.75, 3.05) is 26.2 Å². The Bertz CT molecular complexity index is 499. The molecule has 1 aromatic rings. The standard InChI is InChI=1S/C16H22BrFN2O/c1-11-7-12(2)10-20(9-11)6-5-19-16(21)14-4-3-13(17)8-15(14)18/h3-4,8,11-12H,5-7,9-10H2,1-2H3,(H,19,21)/t11-,12-/m0/s1. The van der Waals surface area contributed by atoms with Crippen LogP contribution >= 0.6 is 15.9 Å². The molecular formula is C16H22BrFN2O. The molecule has 1 heterocycles. The van der Waals surface area contributed by atoms with Crippen molar-refractivity contribution in [1.29, 1.82) is 0 Å². The summed E-state index contributed by atoms with van der Waals surface area (Å²) in [4.78, 5) is 14.3. The minimum Gasteiger partial charge on any atom is -0.351 e. The van der Waals surface area contributed by atoms with E-state index >= 15 is 0 Å². The van der Waals surface area contributed by atoms with Crippen LogP contribution in [0.25, 0.3) is 0 Å². The first-order valence-electron chi connectivity index (χ1n) is 7.41. The second-order valence-corrected chi connectivity index (χ2v) is 7.00. The van der Waals surface area contributed by atoms with E-state index in [1.807, 2.05) is 0 Å². The third kappa shape index (κ3) is 4.78. The molecule has 1 amide bonds. The van der Waals surface area contributed by atoms with Crippen molar-refractivity contribution in [2.45, 2.75) is 20.3 Å². The number of hydrogen-bond acceptors (Lipinski definition) is 2.